The van der Waals surface area contributed by atoms with Gasteiger partial charge in [0.15, 0.2) is 5.76 Å². The predicted octanol–water partition coefficient (Wildman–Crippen LogP) is 3.45. The second-order valence-corrected chi connectivity index (χ2v) is 7.59. The molecule has 0 saturated carbocycles. The highest BCUT2D eigenvalue weighted by Crippen LogP contribution is 2.24. The lowest BCUT2D eigenvalue weighted by atomic mass is 10.2. The smallest absolute Gasteiger partial charge is 0.330 e. The maximum atomic E-state index is 13.2. The number of hydrogen-bond acceptors (Lipinski definition) is 6. The molecular formula is C25H23FN4O5. The quantitative estimate of drug-likeness (QED) is 0.339. The van der Waals surface area contributed by atoms with Gasteiger partial charge < -0.3 is 19.8 Å². The number of carbonyl (C=O) groups excluding carboxylic acids is 1. The summed E-state index contributed by atoms with van der Waals surface area (Å²) in [6.45, 7) is 0.536. The van der Waals surface area contributed by atoms with E-state index in [1.807, 2.05) is 30.3 Å². The van der Waals surface area contributed by atoms with Crippen LogP contribution in [0.2, 0.25) is 0 Å². The number of carbonyl (C=O) groups is 1. The number of anilines is 2. The van der Waals surface area contributed by atoms with Crippen LogP contribution < -0.4 is 21.9 Å². The summed E-state index contributed by atoms with van der Waals surface area (Å²) < 4.78 is 25.1. The van der Waals surface area contributed by atoms with Crippen LogP contribution in [0.3, 0.4) is 0 Å². The Hall–Kier alpha value is -4.44. The Morgan fingerprint density at radius 2 is 1.80 bits per heavy atom. The monoisotopic (exact) mass is 478 g/mol. The van der Waals surface area contributed by atoms with Gasteiger partial charge in [-0.1, -0.05) is 30.3 Å². The molecule has 2 aromatic heterocycles. The molecule has 4 aromatic rings. The van der Waals surface area contributed by atoms with Gasteiger partial charge in [0.05, 0.1) is 13.2 Å². The largest absolute Gasteiger partial charge is 0.451 e. The number of amides is 1. The number of nitrogens with zero attached hydrogens (tertiary/aromatic N) is 1. The van der Waals surface area contributed by atoms with E-state index in [-0.39, 0.29) is 37.0 Å². The third kappa shape index (κ3) is 5.56. The lowest BCUT2D eigenvalue weighted by Gasteiger charge is -2.17. The van der Waals surface area contributed by atoms with Gasteiger partial charge >= 0.3 is 5.69 Å². The van der Waals surface area contributed by atoms with Crippen molar-refractivity contribution in [2.24, 2.45) is 0 Å². The van der Waals surface area contributed by atoms with Crippen LogP contribution in [0.1, 0.15) is 16.1 Å². The van der Waals surface area contributed by atoms with Gasteiger partial charge in [-0.05, 0) is 42.0 Å². The minimum atomic E-state index is -0.695. The van der Waals surface area contributed by atoms with Gasteiger partial charge in [0.25, 0.3) is 11.5 Å². The number of hydrogen-bond donors (Lipinski definition) is 3. The molecule has 0 aliphatic heterocycles. The van der Waals surface area contributed by atoms with Gasteiger partial charge in [-0.3, -0.25) is 19.1 Å². The molecule has 9 nitrogen and oxygen atoms in total. The number of aromatic amines is 1. The number of halogens is 1. The van der Waals surface area contributed by atoms with Crippen molar-refractivity contribution in [2.45, 2.75) is 13.1 Å². The highest BCUT2D eigenvalue weighted by atomic mass is 19.1. The van der Waals surface area contributed by atoms with Crippen molar-refractivity contribution in [2.75, 3.05) is 24.4 Å². The maximum Gasteiger partial charge on any atom is 0.330 e. The summed E-state index contributed by atoms with van der Waals surface area (Å²) in [7, 11) is 1.48. The minimum Gasteiger partial charge on any atom is -0.451 e. The molecule has 0 fully saturated rings. The third-order valence-electron chi connectivity index (χ3n) is 5.22. The molecule has 0 saturated heterocycles. The first-order valence-electron chi connectivity index (χ1n) is 10.8. The lowest BCUT2D eigenvalue weighted by molar-refractivity contribution is 0.0996. The van der Waals surface area contributed by atoms with Crippen molar-refractivity contribution in [3.05, 3.63) is 105 Å². The molecule has 4 rings (SSSR count). The summed E-state index contributed by atoms with van der Waals surface area (Å²) >= 11 is 0. The second-order valence-electron chi connectivity index (χ2n) is 7.59. The van der Waals surface area contributed by atoms with Crippen molar-refractivity contribution >= 4 is 17.4 Å². The normalized spacial score (nSPS) is 10.8. The van der Waals surface area contributed by atoms with E-state index in [0.29, 0.717) is 11.3 Å². The molecule has 2 heterocycles. The molecule has 35 heavy (non-hydrogen) atoms. The van der Waals surface area contributed by atoms with Crippen molar-refractivity contribution < 1.29 is 18.3 Å². The Bertz CT molecular complexity index is 1420. The molecule has 0 atom stereocenters. The third-order valence-corrected chi connectivity index (χ3v) is 5.22. The van der Waals surface area contributed by atoms with E-state index < -0.39 is 23.0 Å². The zero-order chi connectivity index (χ0) is 24.8. The maximum absolute atomic E-state index is 13.2. The Morgan fingerprint density at radius 1 is 1.06 bits per heavy atom. The van der Waals surface area contributed by atoms with Gasteiger partial charge in [0.2, 0.25) is 0 Å². The average Bonchev–Trinajstić information content (AvgIpc) is 3.35. The Morgan fingerprint density at radius 3 is 2.51 bits per heavy atom. The van der Waals surface area contributed by atoms with E-state index in [9.17, 15) is 18.8 Å². The SMILES string of the molecule is COCCn1c(NC(=O)c2ccc(-c3ccc(F)cc3)o2)c(NCc2ccccc2)c(=O)[nH]c1=O. The van der Waals surface area contributed by atoms with E-state index >= 15 is 0 Å². The Labute approximate surface area is 199 Å². The first kappa shape index (κ1) is 23.7. The van der Waals surface area contributed by atoms with E-state index in [4.69, 9.17) is 9.15 Å². The molecule has 180 valence electrons. The first-order valence-corrected chi connectivity index (χ1v) is 10.8. The molecule has 0 aliphatic rings. The summed E-state index contributed by atoms with van der Waals surface area (Å²) in [5.41, 5.74) is 0.126. The molecule has 3 N–H and O–H groups in total. The number of H-pyrrole nitrogens is 1. The lowest BCUT2D eigenvalue weighted by Crippen LogP contribution is -2.36. The second kappa shape index (κ2) is 10.7. The number of benzene rings is 2. The molecule has 0 radical (unpaired) electrons. The van der Waals surface area contributed by atoms with Crippen molar-refractivity contribution in [3.63, 3.8) is 0 Å². The Kier molecular flexibility index (Phi) is 7.22. The van der Waals surface area contributed by atoms with Crippen LogP contribution in [0.15, 0.2) is 80.7 Å². The zero-order valence-corrected chi connectivity index (χ0v) is 18.8. The molecule has 0 bridgehead atoms. The number of nitrogens with one attached hydrogen (secondary N) is 3. The van der Waals surface area contributed by atoms with Crippen LogP contribution in [0.4, 0.5) is 15.9 Å². The molecule has 0 aliphatic carbocycles. The number of methoxy groups -OCH3 is 1. The van der Waals surface area contributed by atoms with Crippen LogP contribution in [-0.2, 0) is 17.8 Å². The van der Waals surface area contributed by atoms with E-state index in [0.717, 1.165) is 5.56 Å². The summed E-state index contributed by atoms with van der Waals surface area (Å²) in [5, 5.41) is 5.64. The average molecular weight is 478 g/mol. The van der Waals surface area contributed by atoms with Crippen LogP contribution in [0.5, 0.6) is 0 Å². The highest BCUT2D eigenvalue weighted by Gasteiger charge is 2.20. The van der Waals surface area contributed by atoms with Gasteiger partial charge in [-0.25, -0.2) is 9.18 Å². The standard InChI is InChI=1S/C25H23FN4O5/c1-34-14-13-30-22(21(24(32)29-25(30)33)27-15-16-5-3-2-4-6-16)28-23(31)20-12-11-19(35-20)17-7-9-18(26)10-8-17/h2-12,27H,13-15H2,1H3,(H,28,31)(H,29,32,33). The first-order chi connectivity index (χ1) is 17.0. The molecule has 2 aromatic carbocycles. The summed E-state index contributed by atoms with van der Waals surface area (Å²) in [5.74, 6) is -0.768. The number of ether oxygens (including phenoxy) is 1. The van der Waals surface area contributed by atoms with Crippen LogP contribution in [-0.4, -0.2) is 29.2 Å². The zero-order valence-electron chi connectivity index (χ0n) is 18.8. The molecule has 0 spiro atoms. The highest BCUT2D eigenvalue weighted by molar-refractivity contribution is 6.03. The number of aromatic nitrogens is 2. The van der Waals surface area contributed by atoms with Crippen LogP contribution >= 0.6 is 0 Å². The predicted molar refractivity (Wildman–Crippen MR) is 129 cm³/mol. The Balaban J connectivity index is 1.66. The van der Waals surface area contributed by atoms with E-state index in [1.54, 1.807) is 6.07 Å². The van der Waals surface area contributed by atoms with Crippen molar-refractivity contribution in [1.82, 2.24) is 9.55 Å². The summed E-state index contributed by atoms with van der Waals surface area (Å²) in [4.78, 5) is 40.5. The van der Waals surface area contributed by atoms with Gasteiger partial charge in [0, 0.05) is 19.2 Å². The fraction of sp³-hybridized carbons (Fsp3) is 0.160. The number of furan rings is 1. The molecule has 1 amide bonds. The fourth-order valence-electron chi connectivity index (χ4n) is 3.45. The molecular weight excluding hydrogens is 455 g/mol. The number of rotatable bonds is 9. The van der Waals surface area contributed by atoms with Crippen LogP contribution in [0.25, 0.3) is 11.3 Å². The summed E-state index contributed by atoms with van der Waals surface area (Å²) in [6.07, 6.45) is 0. The summed E-state index contributed by atoms with van der Waals surface area (Å²) in [6, 6.07) is 18.0. The van der Waals surface area contributed by atoms with Crippen molar-refractivity contribution in [1.29, 1.82) is 0 Å². The van der Waals surface area contributed by atoms with Gasteiger partial charge in [0.1, 0.15) is 23.1 Å². The van der Waals surface area contributed by atoms with Gasteiger partial charge in [-0.2, -0.15) is 0 Å². The molecule has 0 unspecified atom stereocenters. The topological polar surface area (TPSA) is 118 Å². The fourth-order valence-corrected chi connectivity index (χ4v) is 3.45. The molecule has 10 heteroatoms. The van der Waals surface area contributed by atoms with E-state index in [2.05, 4.69) is 15.6 Å². The van der Waals surface area contributed by atoms with E-state index in [1.165, 1.54) is 42.0 Å². The van der Waals surface area contributed by atoms with Gasteiger partial charge in [-0.15, -0.1) is 0 Å². The van der Waals surface area contributed by atoms with Crippen LogP contribution in [0, 0.1) is 5.82 Å². The van der Waals surface area contributed by atoms with Crippen molar-refractivity contribution in [3.8, 4) is 11.3 Å². The minimum absolute atomic E-state index is 0.0169.